The Bertz CT molecular complexity index is 20.8. The molecule has 1 nitrogen and oxygen atoms in total. The van der Waals surface area contributed by atoms with Crippen molar-refractivity contribution in [2.45, 2.75) is 12.1 Å². The molecule has 0 saturated heterocycles. The molecule has 0 aliphatic rings. The standard InChI is InChI=1S/C2H12OSi3/c4-1-2-6-3-5/h1-2,6H2,4-5H3. The Kier molecular flexibility index (Phi) is 6.18. The van der Waals surface area contributed by atoms with Crippen LogP contribution in [0.4, 0.5) is 0 Å². The molecule has 0 bridgehead atoms. The smallest absolute Gasteiger partial charge is 0.145 e. The van der Waals surface area contributed by atoms with Gasteiger partial charge in [0.15, 0.2) is 0 Å². The van der Waals surface area contributed by atoms with Gasteiger partial charge in [0.05, 0.1) is 0 Å². The Labute approximate surface area is 47.4 Å². The van der Waals surface area contributed by atoms with Crippen molar-refractivity contribution in [3.63, 3.8) is 0 Å². The van der Waals surface area contributed by atoms with E-state index in [1.807, 2.05) is 0 Å². The molecular weight excluding hydrogens is 124 g/mol. The van der Waals surface area contributed by atoms with E-state index in [4.69, 9.17) is 4.12 Å². The first-order chi connectivity index (χ1) is 2.91. The fraction of sp³-hybridized carbons (Fsp3) is 1.00. The molecule has 0 N–H and O–H groups in total. The molecule has 38 valence electrons. The van der Waals surface area contributed by atoms with Crippen molar-refractivity contribution >= 4 is 30.5 Å². The molecule has 0 aliphatic heterocycles. The van der Waals surface area contributed by atoms with Crippen molar-refractivity contribution < 1.29 is 4.12 Å². The van der Waals surface area contributed by atoms with E-state index in [9.17, 15) is 0 Å². The largest absolute Gasteiger partial charge is 0.468 e. The van der Waals surface area contributed by atoms with E-state index in [0.717, 1.165) is 10.5 Å². The number of rotatable bonds is 3. The highest BCUT2D eigenvalue weighted by atomic mass is 28.3. The Morgan fingerprint density at radius 3 is 2.50 bits per heavy atom. The molecule has 0 aromatic rings. The number of hydrogen-bond donors (Lipinski definition) is 0. The van der Waals surface area contributed by atoms with Gasteiger partial charge in [-0.1, -0.05) is 6.04 Å². The summed E-state index contributed by atoms with van der Waals surface area (Å²) in [5.74, 6) is 0. The molecule has 6 heavy (non-hydrogen) atoms. The predicted octanol–water partition coefficient (Wildman–Crippen LogP) is -2.43. The molecule has 0 aromatic carbocycles. The highest BCUT2D eigenvalue weighted by Crippen LogP contribution is 1.80. The van der Waals surface area contributed by atoms with Crippen LogP contribution in [0.15, 0.2) is 0 Å². The maximum atomic E-state index is 5.08. The van der Waals surface area contributed by atoms with Crippen LogP contribution in [0.25, 0.3) is 0 Å². The van der Waals surface area contributed by atoms with Gasteiger partial charge in [-0.25, -0.2) is 0 Å². The summed E-state index contributed by atoms with van der Waals surface area (Å²) in [6.45, 7) is 0. The van der Waals surface area contributed by atoms with Gasteiger partial charge in [0.25, 0.3) is 0 Å². The summed E-state index contributed by atoms with van der Waals surface area (Å²) in [5.41, 5.74) is 0. The molecule has 0 heterocycles. The SMILES string of the molecule is [SiH3]CC[SiH2]O[SiH3]. The maximum absolute atomic E-state index is 5.08. The van der Waals surface area contributed by atoms with Gasteiger partial charge in [0.1, 0.15) is 20.2 Å². The van der Waals surface area contributed by atoms with Crippen LogP contribution in [0.1, 0.15) is 0 Å². The molecule has 0 rings (SSSR count). The average Bonchev–Trinajstić information content (AvgIpc) is 1.61. The van der Waals surface area contributed by atoms with E-state index in [1.165, 1.54) is 22.3 Å². The molecule has 0 atom stereocenters. The molecule has 0 radical (unpaired) electrons. The van der Waals surface area contributed by atoms with Gasteiger partial charge in [-0.05, 0) is 6.04 Å². The average molecular weight is 136 g/mol. The second kappa shape index (κ2) is 5.61. The molecule has 0 fully saturated rings. The second-order valence-electron chi connectivity index (χ2n) is 1.35. The van der Waals surface area contributed by atoms with Crippen LogP contribution in [-0.4, -0.2) is 30.5 Å². The highest BCUT2D eigenvalue weighted by molar-refractivity contribution is 6.35. The topological polar surface area (TPSA) is 9.23 Å². The van der Waals surface area contributed by atoms with Gasteiger partial charge in [-0.2, -0.15) is 0 Å². The van der Waals surface area contributed by atoms with Crippen molar-refractivity contribution in [1.82, 2.24) is 0 Å². The zero-order valence-electron chi connectivity index (χ0n) is 4.53. The Balaban J connectivity index is 2.34. The van der Waals surface area contributed by atoms with E-state index >= 15 is 0 Å². The van der Waals surface area contributed by atoms with Crippen molar-refractivity contribution in [3.8, 4) is 0 Å². The quantitative estimate of drug-likeness (QED) is 0.310. The van der Waals surface area contributed by atoms with Crippen LogP contribution in [0.2, 0.25) is 12.1 Å². The summed E-state index contributed by atoms with van der Waals surface area (Å²) in [5, 5.41) is 0. The van der Waals surface area contributed by atoms with E-state index < -0.39 is 0 Å². The van der Waals surface area contributed by atoms with Crippen molar-refractivity contribution in [2.75, 3.05) is 0 Å². The molecule has 0 unspecified atom stereocenters. The first-order valence-corrected chi connectivity index (χ1v) is 6.21. The lowest BCUT2D eigenvalue weighted by Gasteiger charge is -1.88. The minimum absolute atomic E-state index is 0.0181. The third kappa shape index (κ3) is 4.61. The fourth-order valence-corrected chi connectivity index (χ4v) is 2.60. The minimum atomic E-state index is 0.0181. The lowest BCUT2D eigenvalue weighted by molar-refractivity contribution is 0.663. The molecule has 0 saturated carbocycles. The van der Waals surface area contributed by atoms with E-state index in [2.05, 4.69) is 0 Å². The van der Waals surface area contributed by atoms with Crippen LogP contribution < -0.4 is 0 Å². The monoisotopic (exact) mass is 136 g/mol. The van der Waals surface area contributed by atoms with Crippen molar-refractivity contribution in [1.29, 1.82) is 0 Å². The zero-order valence-corrected chi connectivity index (χ0v) is 9.94. The summed E-state index contributed by atoms with van der Waals surface area (Å²) in [6, 6.07) is 2.88. The summed E-state index contributed by atoms with van der Waals surface area (Å²) < 4.78 is 5.08. The van der Waals surface area contributed by atoms with Crippen LogP contribution in [0.5, 0.6) is 0 Å². The van der Waals surface area contributed by atoms with Gasteiger partial charge in [0.2, 0.25) is 0 Å². The highest BCUT2D eigenvalue weighted by Gasteiger charge is 1.76. The molecule has 0 aliphatic carbocycles. The first-order valence-electron chi connectivity index (χ1n) is 2.40. The third-order valence-corrected chi connectivity index (χ3v) is 5.45. The third-order valence-electron chi connectivity index (χ3n) is 0.702. The van der Waals surface area contributed by atoms with Crippen LogP contribution in [0, 0.1) is 0 Å². The molecular formula is C2H12OSi3. The summed E-state index contributed by atoms with van der Waals surface area (Å²) in [4.78, 5) is 0. The normalized spacial score (nSPS) is 12.0. The van der Waals surface area contributed by atoms with Gasteiger partial charge in [0, 0.05) is 10.2 Å². The fourth-order valence-electron chi connectivity index (χ4n) is 0.289. The molecule has 4 heteroatoms. The second-order valence-corrected chi connectivity index (χ2v) is 5.77. The first kappa shape index (κ1) is 6.61. The van der Waals surface area contributed by atoms with Gasteiger partial charge in [-0.15, -0.1) is 0 Å². The summed E-state index contributed by atoms with van der Waals surface area (Å²) in [7, 11) is 2.37. The van der Waals surface area contributed by atoms with Gasteiger partial charge >= 0.3 is 0 Å². The lowest BCUT2D eigenvalue weighted by atomic mass is 11.0. The Hall–Kier alpha value is 0.611. The predicted molar refractivity (Wildman–Crippen MR) is 39.1 cm³/mol. The zero-order chi connectivity index (χ0) is 4.83. The van der Waals surface area contributed by atoms with E-state index in [-0.39, 0.29) is 9.76 Å². The molecule has 0 amide bonds. The van der Waals surface area contributed by atoms with Crippen LogP contribution in [0.3, 0.4) is 0 Å². The Morgan fingerprint density at radius 2 is 2.33 bits per heavy atom. The van der Waals surface area contributed by atoms with Crippen LogP contribution in [-0.2, 0) is 4.12 Å². The summed E-state index contributed by atoms with van der Waals surface area (Å²) >= 11 is 0. The van der Waals surface area contributed by atoms with Gasteiger partial charge < -0.3 is 4.12 Å². The van der Waals surface area contributed by atoms with E-state index in [0.29, 0.717) is 0 Å². The van der Waals surface area contributed by atoms with Gasteiger partial charge in [-0.3, -0.25) is 0 Å². The molecule has 0 aromatic heterocycles. The Morgan fingerprint density at radius 1 is 1.67 bits per heavy atom. The van der Waals surface area contributed by atoms with Crippen molar-refractivity contribution in [2.24, 2.45) is 0 Å². The van der Waals surface area contributed by atoms with E-state index in [1.54, 1.807) is 0 Å². The lowest BCUT2D eigenvalue weighted by Crippen LogP contribution is -1.91. The van der Waals surface area contributed by atoms with Crippen LogP contribution >= 0.6 is 0 Å². The molecule has 0 spiro atoms. The number of hydrogen-bond acceptors (Lipinski definition) is 1. The minimum Gasteiger partial charge on any atom is -0.468 e. The maximum Gasteiger partial charge on any atom is 0.145 e. The summed E-state index contributed by atoms with van der Waals surface area (Å²) in [6.07, 6.45) is 0. The van der Waals surface area contributed by atoms with Crippen molar-refractivity contribution in [3.05, 3.63) is 0 Å².